The Hall–Kier alpha value is -0.980. The fourth-order valence-corrected chi connectivity index (χ4v) is 5.20. The summed E-state index contributed by atoms with van der Waals surface area (Å²) >= 11 is 3.29. The minimum absolute atomic E-state index is 0.145. The summed E-state index contributed by atoms with van der Waals surface area (Å²) in [5.41, 5.74) is 2.32. The zero-order valence-corrected chi connectivity index (χ0v) is 15.4. The predicted octanol–water partition coefficient (Wildman–Crippen LogP) is 3.40. The first kappa shape index (κ1) is 16.5. The average molecular weight is 362 g/mol. The molecule has 6 heteroatoms. The summed E-state index contributed by atoms with van der Waals surface area (Å²) in [5, 5.41) is 3.21. The van der Waals surface area contributed by atoms with Gasteiger partial charge in [-0.3, -0.25) is 4.79 Å². The Morgan fingerprint density at radius 2 is 2.04 bits per heavy atom. The van der Waals surface area contributed by atoms with Crippen molar-refractivity contribution in [3.8, 4) is 0 Å². The number of thioether (sulfide) groups is 2. The van der Waals surface area contributed by atoms with Gasteiger partial charge < -0.3 is 10.2 Å². The van der Waals surface area contributed by atoms with Crippen molar-refractivity contribution >= 4 is 39.5 Å². The minimum atomic E-state index is 0.145. The van der Waals surface area contributed by atoms with Crippen LogP contribution >= 0.6 is 23.5 Å². The molecule has 128 valence electrons. The molecule has 1 amide bonds. The second kappa shape index (κ2) is 7.50. The number of benzene rings is 1. The number of fused-ring (bicyclic) bond motifs is 1. The van der Waals surface area contributed by atoms with Crippen molar-refractivity contribution in [1.82, 2.24) is 10.2 Å². The van der Waals surface area contributed by atoms with Crippen molar-refractivity contribution in [2.24, 2.45) is 4.99 Å². The van der Waals surface area contributed by atoms with E-state index < -0.39 is 0 Å². The van der Waals surface area contributed by atoms with Crippen molar-refractivity contribution in [1.29, 1.82) is 0 Å². The van der Waals surface area contributed by atoms with Gasteiger partial charge in [0.05, 0.1) is 11.4 Å². The average Bonchev–Trinajstić information content (AvgIpc) is 3.46. The zero-order valence-electron chi connectivity index (χ0n) is 13.7. The summed E-state index contributed by atoms with van der Waals surface area (Å²) in [6.07, 6.45) is 4.93. The lowest BCUT2D eigenvalue weighted by molar-refractivity contribution is -0.119. The number of amides is 1. The first-order chi connectivity index (χ1) is 11.8. The number of hydrogen-bond donors (Lipinski definition) is 1. The number of hydrogen-bond acceptors (Lipinski definition) is 5. The van der Waals surface area contributed by atoms with Gasteiger partial charge in [0.15, 0.2) is 0 Å². The van der Waals surface area contributed by atoms with E-state index in [1.54, 1.807) is 23.5 Å². The number of likely N-dealkylation sites (tertiary alicyclic amines) is 1. The molecule has 1 aliphatic carbocycles. The highest BCUT2D eigenvalue weighted by atomic mass is 32.2. The van der Waals surface area contributed by atoms with Crippen LogP contribution in [0.1, 0.15) is 31.2 Å². The number of nitrogens with one attached hydrogen (secondary N) is 1. The van der Waals surface area contributed by atoms with Crippen molar-refractivity contribution in [2.75, 3.05) is 18.8 Å². The number of piperidine rings is 1. The molecule has 0 radical (unpaired) electrons. The number of para-hydroxylation sites is 1. The lowest BCUT2D eigenvalue weighted by atomic mass is 10.1. The largest absolute Gasteiger partial charge is 0.353 e. The summed E-state index contributed by atoms with van der Waals surface area (Å²) in [4.78, 5) is 19.5. The fraction of sp³-hybridized carbons (Fsp3) is 0.556. The molecule has 0 spiro atoms. The molecule has 1 aromatic carbocycles. The van der Waals surface area contributed by atoms with Gasteiger partial charge in [0, 0.05) is 30.9 Å². The molecule has 3 aliphatic rings. The van der Waals surface area contributed by atoms with Gasteiger partial charge in [0.25, 0.3) is 0 Å². The quantitative estimate of drug-likeness (QED) is 0.893. The molecule has 4 rings (SSSR count). The first-order valence-corrected chi connectivity index (χ1v) is 10.7. The lowest BCUT2D eigenvalue weighted by Gasteiger charge is -2.32. The van der Waals surface area contributed by atoms with Gasteiger partial charge in [-0.05, 0) is 37.3 Å². The molecule has 1 aromatic rings. The van der Waals surface area contributed by atoms with E-state index in [0.717, 1.165) is 47.8 Å². The van der Waals surface area contributed by atoms with E-state index in [0.29, 0.717) is 11.8 Å². The van der Waals surface area contributed by atoms with Crippen molar-refractivity contribution in [3.05, 3.63) is 29.8 Å². The molecule has 2 aliphatic heterocycles. The number of rotatable bonds is 4. The van der Waals surface area contributed by atoms with Gasteiger partial charge in [0.2, 0.25) is 5.91 Å². The van der Waals surface area contributed by atoms with Crippen LogP contribution in [0.2, 0.25) is 0 Å². The van der Waals surface area contributed by atoms with Crippen LogP contribution in [-0.2, 0) is 10.5 Å². The van der Waals surface area contributed by atoms with Crippen LogP contribution in [0.15, 0.2) is 29.3 Å². The maximum atomic E-state index is 12.2. The second-order valence-corrected chi connectivity index (χ2v) is 8.88. The Balaban J connectivity index is 1.22. The summed E-state index contributed by atoms with van der Waals surface area (Å²) in [6.45, 7) is 2.28. The van der Waals surface area contributed by atoms with Gasteiger partial charge in [-0.1, -0.05) is 41.7 Å². The van der Waals surface area contributed by atoms with Crippen LogP contribution in [0.3, 0.4) is 0 Å². The number of nitrogens with zero attached hydrogens (tertiary/aromatic N) is 2. The Labute approximate surface area is 151 Å². The van der Waals surface area contributed by atoms with Crippen molar-refractivity contribution in [2.45, 2.75) is 43.5 Å². The summed E-state index contributed by atoms with van der Waals surface area (Å²) in [7, 11) is 0. The van der Waals surface area contributed by atoms with Crippen LogP contribution in [0.4, 0.5) is 5.69 Å². The third kappa shape index (κ3) is 4.16. The predicted molar refractivity (Wildman–Crippen MR) is 103 cm³/mol. The molecule has 24 heavy (non-hydrogen) atoms. The normalized spacial score (nSPS) is 21.9. The van der Waals surface area contributed by atoms with Crippen LogP contribution < -0.4 is 5.32 Å². The molecule has 0 aromatic heterocycles. The minimum Gasteiger partial charge on any atom is -0.353 e. The number of carbonyl (C=O) groups excluding carboxylic acids is 1. The first-order valence-electron chi connectivity index (χ1n) is 8.73. The topological polar surface area (TPSA) is 44.7 Å². The molecule has 4 nitrogen and oxygen atoms in total. The monoisotopic (exact) mass is 361 g/mol. The Morgan fingerprint density at radius 3 is 2.83 bits per heavy atom. The molecule has 0 atom stereocenters. The zero-order chi connectivity index (χ0) is 16.4. The highest BCUT2D eigenvalue weighted by Crippen LogP contribution is 2.34. The highest BCUT2D eigenvalue weighted by molar-refractivity contribution is 8.38. The fourth-order valence-electron chi connectivity index (χ4n) is 3.33. The molecular weight excluding hydrogens is 338 g/mol. The van der Waals surface area contributed by atoms with Gasteiger partial charge in [-0.25, -0.2) is 4.99 Å². The van der Waals surface area contributed by atoms with Gasteiger partial charge in [-0.2, -0.15) is 0 Å². The summed E-state index contributed by atoms with van der Waals surface area (Å²) < 4.78 is 1.01. The second-order valence-electron chi connectivity index (χ2n) is 6.69. The van der Waals surface area contributed by atoms with Crippen LogP contribution in [-0.4, -0.2) is 46.1 Å². The molecule has 0 unspecified atom stereocenters. The Morgan fingerprint density at radius 1 is 1.25 bits per heavy atom. The molecule has 1 N–H and O–H groups in total. The standard InChI is InChI=1S/C18H23N3OS2/c22-17(19-14-7-9-21(10-8-14)15-5-6-15)12-24-18-20-16-4-2-1-3-13(16)11-23-18/h1-4,14-15H,5-12H2,(H,19,22). The maximum absolute atomic E-state index is 12.2. The van der Waals surface area contributed by atoms with E-state index in [4.69, 9.17) is 0 Å². The molecule has 1 saturated heterocycles. The molecule has 0 bridgehead atoms. The lowest BCUT2D eigenvalue weighted by Crippen LogP contribution is -2.45. The van der Waals surface area contributed by atoms with E-state index in [-0.39, 0.29) is 5.91 Å². The molecule has 1 saturated carbocycles. The van der Waals surface area contributed by atoms with Crippen LogP contribution in [0.5, 0.6) is 0 Å². The Kier molecular flexibility index (Phi) is 5.15. The summed E-state index contributed by atoms with van der Waals surface area (Å²) in [5.74, 6) is 1.56. The van der Waals surface area contributed by atoms with Crippen molar-refractivity contribution < 1.29 is 4.79 Å². The third-order valence-electron chi connectivity index (χ3n) is 4.84. The molecule has 2 fully saturated rings. The molecule has 2 heterocycles. The van der Waals surface area contributed by atoms with Gasteiger partial charge in [-0.15, -0.1) is 0 Å². The SMILES string of the molecule is O=C(CSC1=Nc2ccccc2CS1)NC1CCN(C2CC2)CC1. The van der Waals surface area contributed by atoms with E-state index in [1.165, 1.54) is 18.4 Å². The number of aliphatic imine (C=N–C) groups is 1. The van der Waals surface area contributed by atoms with Crippen LogP contribution in [0, 0.1) is 0 Å². The molecular formula is C18H23N3OS2. The van der Waals surface area contributed by atoms with Gasteiger partial charge in [0.1, 0.15) is 4.38 Å². The van der Waals surface area contributed by atoms with E-state index >= 15 is 0 Å². The number of carbonyl (C=O) groups is 1. The summed E-state index contributed by atoms with van der Waals surface area (Å²) in [6, 6.07) is 9.43. The van der Waals surface area contributed by atoms with E-state index in [2.05, 4.69) is 27.3 Å². The Bertz CT molecular complexity index is 637. The van der Waals surface area contributed by atoms with E-state index in [9.17, 15) is 4.79 Å². The maximum Gasteiger partial charge on any atom is 0.230 e. The van der Waals surface area contributed by atoms with Gasteiger partial charge >= 0.3 is 0 Å². The smallest absolute Gasteiger partial charge is 0.230 e. The van der Waals surface area contributed by atoms with Crippen molar-refractivity contribution in [3.63, 3.8) is 0 Å². The van der Waals surface area contributed by atoms with E-state index in [1.807, 2.05) is 12.1 Å². The van der Waals surface area contributed by atoms with Crippen LogP contribution in [0.25, 0.3) is 0 Å². The highest BCUT2D eigenvalue weighted by Gasteiger charge is 2.32. The third-order valence-corrected chi connectivity index (χ3v) is 7.08.